The zero-order valence-corrected chi connectivity index (χ0v) is 23.4. The summed E-state index contributed by atoms with van der Waals surface area (Å²) in [5.41, 5.74) is 3.42. The number of rotatable bonds is 17. The van der Waals surface area contributed by atoms with Gasteiger partial charge in [-0.25, -0.2) is 4.39 Å². The van der Waals surface area contributed by atoms with Gasteiger partial charge >= 0.3 is 5.97 Å². The molecule has 0 saturated heterocycles. The minimum atomic E-state index is -0.378. The van der Waals surface area contributed by atoms with Crippen LogP contribution >= 0.6 is 0 Å². The van der Waals surface area contributed by atoms with E-state index in [4.69, 9.17) is 9.47 Å². The minimum Gasteiger partial charge on any atom is -0.494 e. The van der Waals surface area contributed by atoms with Gasteiger partial charge in [0.25, 0.3) is 0 Å². The van der Waals surface area contributed by atoms with Crippen LogP contribution in [-0.4, -0.2) is 18.4 Å². The molecule has 0 aromatic heterocycles. The van der Waals surface area contributed by atoms with Crippen LogP contribution < -0.4 is 9.47 Å². The first-order valence-corrected chi connectivity index (χ1v) is 14.1. The lowest BCUT2D eigenvalue weighted by molar-refractivity contribution is -0.134. The van der Waals surface area contributed by atoms with Crippen LogP contribution in [0.25, 0.3) is 11.6 Å². The second-order valence-electron chi connectivity index (χ2n) is 9.98. The molecule has 0 unspecified atom stereocenters. The molecule has 210 valence electrons. The average molecular weight is 543 g/mol. The van der Waals surface area contributed by atoms with Crippen LogP contribution in [0.3, 0.4) is 0 Å². The highest BCUT2D eigenvalue weighted by molar-refractivity contribution is 6.06. The molecule has 0 aliphatic carbocycles. The van der Waals surface area contributed by atoms with Crippen molar-refractivity contribution in [1.29, 1.82) is 0 Å². The Morgan fingerprint density at radius 1 is 0.725 bits per heavy atom. The van der Waals surface area contributed by atoms with E-state index in [0.29, 0.717) is 17.7 Å². The molecule has 0 saturated carbocycles. The minimum absolute atomic E-state index is 0.207. The normalized spacial score (nSPS) is 10.9. The smallest absolute Gasteiger partial charge is 0.311 e. The van der Waals surface area contributed by atoms with Crippen molar-refractivity contribution in [1.82, 2.24) is 0 Å². The molecule has 0 radical (unpaired) electrons. The van der Waals surface area contributed by atoms with Crippen molar-refractivity contribution in [3.8, 4) is 11.5 Å². The fourth-order valence-corrected chi connectivity index (χ4v) is 4.17. The Morgan fingerprint density at radius 2 is 1.27 bits per heavy atom. The molecule has 0 spiro atoms. The van der Waals surface area contributed by atoms with Gasteiger partial charge in [0, 0.05) is 12.0 Å². The van der Waals surface area contributed by atoms with Crippen molar-refractivity contribution >= 4 is 23.4 Å². The second kappa shape index (κ2) is 16.9. The van der Waals surface area contributed by atoms with Gasteiger partial charge in [0.1, 0.15) is 17.3 Å². The van der Waals surface area contributed by atoms with E-state index in [1.807, 2.05) is 31.2 Å². The molecule has 4 nitrogen and oxygen atoms in total. The molecule has 40 heavy (non-hydrogen) atoms. The number of unbranched alkanes of at least 4 members (excludes halogenated alkanes) is 7. The molecule has 0 heterocycles. The summed E-state index contributed by atoms with van der Waals surface area (Å²) < 4.78 is 24.2. The third kappa shape index (κ3) is 11.4. The van der Waals surface area contributed by atoms with Crippen molar-refractivity contribution < 1.29 is 23.5 Å². The van der Waals surface area contributed by atoms with Crippen LogP contribution in [0.15, 0.2) is 85.5 Å². The number of carbonyl (C=O) groups is 2. The van der Waals surface area contributed by atoms with Gasteiger partial charge in [0.2, 0.25) is 0 Å². The van der Waals surface area contributed by atoms with Gasteiger partial charge in [-0.05, 0) is 85.5 Å². The third-order valence-corrected chi connectivity index (χ3v) is 6.56. The standard InChI is InChI=1S/C35H39FO4/c1-27(2)29-17-23-32(24-18-29)39-26-10-8-6-4-3-5-7-9-11-35(38)40-33-21-12-28(13-22-33)14-25-34(37)30-15-19-31(36)20-16-30/h12-25H,1,3-11,26H2,2H3. The van der Waals surface area contributed by atoms with Crippen molar-refractivity contribution in [2.45, 2.75) is 64.7 Å². The summed E-state index contributed by atoms with van der Waals surface area (Å²) in [5, 5.41) is 0. The highest BCUT2D eigenvalue weighted by Gasteiger charge is 2.06. The van der Waals surface area contributed by atoms with Crippen molar-refractivity contribution in [2.75, 3.05) is 6.61 Å². The zero-order chi connectivity index (χ0) is 28.6. The fraction of sp³-hybridized carbons (Fsp3) is 0.314. The van der Waals surface area contributed by atoms with Crippen LogP contribution in [0.5, 0.6) is 11.5 Å². The molecule has 0 N–H and O–H groups in total. The van der Waals surface area contributed by atoms with Crippen LogP contribution in [0, 0.1) is 5.82 Å². The van der Waals surface area contributed by atoms with E-state index in [-0.39, 0.29) is 17.6 Å². The summed E-state index contributed by atoms with van der Waals surface area (Å²) in [5.74, 6) is 0.577. The molecule has 0 amide bonds. The van der Waals surface area contributed by atoms with Crippen molar-refractivity contribution in [3.05, 3.63) is 108 Å². The number of hydrogen-bond donors (Lipinski definition) is 0. The highest BCUT2D eigenvalue weighted by Crippen LogP contribution is 2.18. The molecular weight excluding hydrogens is 503 g/mol. The molecule has 3 rings (SSSR count). The van der Waals surface area contributed by atoms with Gasteiger partial charge in [-0.3, -0.25) is 9.59 Å². The molecular formula is C35H39FO4. The quantitative estimate of drug-likeness (QED) is 0.0561. The topological polar surface area (TPSA) is 52.6 Å². The van der Waals surface area contributed by atoms with Crippen LogP contribution in [-0.2, 0) is 4.79 Å². The summed E-state index contributed by atoms with van der Waals surface area (Å²) in [4.78, 5) is 24.3. The van der Waals surface area contributed by atoms with Gasteiger partial charge in [-0.1, -0.05) is 81.0 Å². The molecule has 0 bridgehead atoms. The average Bonchev–Trinajstić information content (AvgIpc) is 2.96. The fourth-order valence-electron chi connectivity index (χ4n) is 4.17. The number of ether oxygens (including phenoxy) is 2. The highest BCUT2D eigenvalue weighted by atomic mass is 19.1. The summed E-state index contributed by atoms with van der Waals surface area (Å²) in [6.45, 7) is 6.69. The second-order valence-corrected chi connectivity index (χ2v) is 9.98. The van der Waals surface area contributed by atoms with E-state index in [0.717, 1.165) is 61.2 Å². The lowest BCUT2D eigenvalue weighted by Crippen LogP contribution is -2.07. The van der Waals surface area contributed by atoms with Gasteiger partial charge in [-0.2, -0.15) is 0 Å². The summed E-state index contributed by atoms with van der Waals surface area (Å²) in [6.07, 6.45) is 12.3. The van der Waals surface area contributed by atoms with Gasteiger partial charge in [0.15, 0.2) is 5.78 Å². The maximum Gasteiger partial charge on any atom is 0.311 e. The predicted octanol–water partition coefficient (Wildman–Crippen LogP) is 9.25. The van der Waals surface area contributed by atoms with E-state index in [9.17, 15) is 14.0 Å². The Morgan fingerprint density at radius 3 is 1.90 bits per heavy atom. The van der Waals surface area contributed by atoms with Gasteiger partial charge in [-0.15, -0.1) is 0 Å². The molecule has 0 atom stereocenters. The number of esters is 1. The lowest BCUT2D eigenvalue weighted by atomic mass is 10.1. The van der Waals surface area contributed by atoms with Crippen LogP contribution in [0.4, 0.5) is 4.39 Å². The Kier molecular flexibility index (Phi) is 12.9. The Labute approximate surface area is 237 Å². The van der Waals surface area contributed by atoms with E-state index < -0.39 is 0 Å². The molecule has 0 aliphatic heterocycles. The van der Waals surface area contributed by atoms with Gasteiger partial charge in [0.05, 0.1) is 6.61 Å². The first-order chi connectivity index (χ1) is 19.4. The lowest BCUT2D eigenvalue weighted by Gasteiger charge is -2.07. The van der Waals surface area contributed by atoms with Crippen LogP contribution in [0.2, 0.25) is 0 Å². The molecule has 0 aliphatic rings. The van der Waals surface area contributed by atoms with E-state index in [1.165, 1.54) is 49.6 Å². The zero-order valence-electron chi connectivity index (χ0n) is 23.4. The maximum absolute atomic E-state index is 13.0. The molecule has 3 aromatic carbocycles. The number of halogens is 1. The summed E-state index contributed by atoms with van der Waals surface area (Å²) in [7, 11) is 0. The van der Waals surface area contributed by atoms with E-state index in [2.05, 4.69) is 6.58 Å². The van der Waals surface area contributed by atoms with Crippen molar-refractivity contribution in [2.24, 2.45) is 0 Å². The maximum atomic E-state index is 13.0. The molecule has 3 aromatic rings. The predicted molar refractivity (Wildman–Crippen MR) is 160 cm³/mol. The Bertz CT molecular complexity index is 1240. The number of carbonyl (C=O) groups excluding carboxylic acids is 2. The Balaban J connectivity index is 1.19. The number of benzene rings is 3. The van der Waals surface area contributed by atoms with Crippen molar-refractivity contribution in [3.63, 3.8) is 0 Å². The third-order valence-electron chi connectivity index (χ3n) is 6.56. The molecule has 5 heteroatoms. The van der Waals surface area contributed by atoms with Crippen LogP contribution in [0.1, 0.15) is 86.2 Å². The molecule has 0 fully saturated rings. The number of hydrogen-bond acceptors (Lipinski definition) is 4. The largest absolute Gasteiger partial charge is 0.494 e. The van der Waals surface area contributed by atoms with Gasteiger partial charge < -0.3 is 9.47 Å². The number of ketones is 1. The monoisotopic (exact) mass is 542 g/mol. The summed E-state index contributed by atoms with van der Waals surface area (Å²) >= 11 is 0. The summed E-state index contributed by atoms with van der Waals surface area (Å²) in [6, 6.07) is 20.5. The SMILES string of the molecule is C=C(C)c1ccc(OCCCCCCCCCCC(=O)Oc2ccc(C=CC(=O)c3ccc(F)cc3)cc2)cc1. The van der Waals surface area contributed by atoms with E-state index in [1.54, 1.807) is 30.3 Å². The van der Waals surface area contributed by atoms with E-state index >= 15 is 0 Å². The first-order valence-electron chi connectivity index (χ1n) is 14.1. The number of allylic oxidation sites excluding steroid dienone is 2. The first kappa shape index (κ1) is 30.6. The Hall–Kier alpha value is -3.99.